The molecule has 22 heavy (non-hydrogen) atoms. The van der Waals surface area contributed by atoms with E-state index < -0.39 is 15.9 Å². The first-order valence-corrected chi connectivity index (χ1v) is 8.76. The van der Waals surface area contributed by atoms with Crippen LogP contribution in [0.1, 0.15) is 5.56 Å². The minimum atomic E-state index is -3.69. The SMILES string of the molecule is Cc1ccc(S(=O)(=O)NCC(=O)NCC2C=C(Br)NO2)cc1. The second kappa shape index (κ2) is 7.23. The lowest BCUT2D eigenvalue weighted by atomic mass is 10.2. The summed E-state index contributed by atoms with van der Waals surface area (Å²) in [6.45, 7) is 1.78. The Labute approximate surface area is 137 Å². The number of rotatable bonds is 6. The molecule has 1 unspecified atom stereocenters. The standard InChI is InChI=1S/C13H16BrN3O4S/c1-9-2-4-11(5-3-9)22(19,20)16-8-13(18)15-7-10-6-12(14)17-21-10/h2-6,10,16-17H,7-8H2,1H3,(H,15,18). The highest BCUT2D eigenvalue weighted by Crippen LogP contribution is 2.11. The summed E-state index contributed by atoms with van der Waals surface area (Å²) in [5.41, 5.74) is 3.55. The highest BCUT2D eigenvalue weighted by molar-refractivity contribution is 9.11. The average molecular weight is 390 g/mol. The maximum atomic E-state index is 12.0. The molecule has 2 rings (SSSR count). The van der Waals surface area contributed by atoms with Gasteiger partial charge in [-0.05, 0) is 41.1 Å². The van der Waals surface area contributed by atoms with E-state index in [9.17, 15) is 13.2 Å². The van der Waals surface area contributed by atoms with Gasteiger partial charge in [0.2, 0.25) is 15.9 Å². The summed E-state index contributed by atoms with van der Waals surface area (Å²) in [6.07, 6.45) is 1.45. The van der Waals surface area contributed by atoms with E-state index in [4.69, 9.17) is 4.84 Å². The molecule has 3 N–H and O–H groups in total. The van der Waals surface area contributed by atoms with Crippen LogP contribution in [0, 0.1) is 6.92 Å². The van der Waals surface area contributed by atoms with Gasteiger partial charge in [0.05, 0.1) is 18.0 Å². The number of carbonyl (C=O) groups is 1. The monoisotopic (exact) mass is 389 g/mol. The minimum Gasteiger partial charge on any atom is -0.352 e. The van der Waals surface area contributed by atoms with Gasteiger partial charge in [-0.25, -0.2) is 13.1 Å². The molecule has 0 bridgehead atoms. The molecule has 9 heteroatoms. The lowest BCUT2D eigenvalue weighted by Gasteiger charge is -2.10. The van der Waals surface area contributed by atoms with Gasteiger partial charge in [-0.2, -0.15) is 0 Å². The van der Waals surface area contributed by atoms with Gasteiger partial charge in [0.15, 0.2) is 0 Å². The van der Waals surface area contributed by atoms with Gasteiger partial charge < -0.3 is 5.32 Å². The molecule has 0 fully saturated rings. The molecular formula is C13H16BrN3O4S. The van der Waals surface area contributed by atoms with Crippen LogP contribution in [0.4, 0.5) is 0 Å². The zero-order valence-electron chi connectivity index (χ0n) is 11.8. The number of carbonyl (C=O) groups excluding carboxylic acids is 1. The van der Waals surface area contributed by atoms with Crippen LogP contribution in [0.25, 0.3) is 0 Å². The molecule has 1 aliphatic rings. The Morgan fingerprint density at radius 1 is 1.36 bits per heavy atom. The molecule has 0 saturated carbocycles. The molecule has 1 aromatic rings. The molecule has 0 spiro atoms. The van der Waals surface area contributed by atoms with Crippen molar-refractivity contribution < 1.29 is 18.0 Å². The van der Waals surface area contributed by atoms with Crippen molar-refractivity contribution in [2.75, 3.05) is 13.1 Å². The maximum Gasteiger partial charge on any atom is 0.241 e. The van der Waals surface area contributed by atoms with Crippen molar-refractivity contribution in [2.45, 2.75) is 17.9 Å². The highest BCUT2D eigenvalue weighted by atomic mass is 79.9. The van der Waals surface area contributed by atoms with E-state index in [-0.39, 0.29) is 24.1 Å². The van der Waals surface area contributed by atoms with E-state index in [1.165, 1.54) is 12.1 Å². The molecule has 1 aromatic carbocycles. The normalized spacial score (nSPS) is 17.7. The van der Waals surface area contributed by atoms with E-state index >= 15 is 0 Å². The Morgan fingerprint density at radius 2 is 2.05 bits per heavy atom. The maximum absolute atomic E-state index is 12.0. The number of halogens is 1. The van der Waals surface area contributed by atoms with Crippen LogP contribution in [0.5, 0.6) is 0 Å². The van der Waals surface area contributed by atoms with Crippen LogP contribution in [0.15, 0.2) is 39.8 Å². The van der Waals surface area contributed by atoms with Gasteiger partial charge in [-0.3, -0.25) is 15.1 Å². The number of hydrogen-bond acceptors (Lipinski definition) is 5. The average Bonchev–Trinajstić information content (AvgIpc) is 2.89. The van der Waals surface area contributed by atoms with Crippen molar-refractivity contribution in [3.05, 3.63) is 40.5 Å². The van der Waals surface area contributed by atoms with Crippen LogP contribution in [0.2, 0.25) is 0 Å². The Morgan fingerprint density at radius 3 is 2.64 bits per heavy atom. The van der Waals surface area contributed by atoms with Crippen molar-refractivity contribution in [1.82, 2.24) is 15.5 Å². The van der Waals surface area contributed by atoms with Crippen molar-refractivity contribution in [3.63, 3.8) is 0 Å². The lowest BCUT2D eigenvalue weighted by molar-refractivity contribution is -0.120. The Balaban J connectivity index is 1.81. The van der Waals surface area contributed by atoms with Crippen LogP contribution in [0.3, 0.4) is 0 Å². The molecule has 0 aromatic heterocycles. The van der Waals surface area contributed by atoms with Gasteiger partial charge >= 0.3 is 0 Å². The fraction of sp³-hybridized carbons (Fsp3) is 0.308. The molecule has 1 aliphatic heterocycles. The van der Waals surface area contributed by atoms with E-state index in [0.29, 0.717) is 4.61 Å². The van der Waals surface area contributed by atoms with Crippen LogP contribution in [-0.4, -0.2) is 33.5 Å². The third kappa shape index (κ3) is 4.80. The van der Waals surface area contributed by atoms with E-state index in [1.54, 1.807) is 18.2 Å². The van der Waals surface area contributed by atoms with Crippen LogP contribution >= 0.6 is 15.9 Å². The Kier molecular flexibility index (Phi) is 5.57. The first kappa shape index (κ1) is 16.9. The zero-order valence-corrected chi connectivity index (χ0v) is 14.2. The quantitative estimate of drug-likeness (QED) is 0.616. The Hall–Kier alpha value is -1.42. The van der Waals surface area contributed by atoms with Gasteiger partial charge in [-0.15, -0.1) is 0 Å². The number of benzene rings is 1. The molecule has 0 saturated heterocycles. The third-order valence-corrected chi connectivity index (χ3v) is 4.74. The molecular weight excluding hydrogens is 374 g/mol. The summed E-state index contributed by atoms with van der Waals surface area (Å²) in [7, 11) is -3.69. The third-order valence-electron chi connectivity index (χ3n) is 2.89. The number of hydrogen-bond donors (Lipinski definition) is 3. The predicted octanol–water partition coefficient (Wildman–Crippen LogP) is 0.529. The fourth-order valence-electron chi connectivity index (χ4n) is 1.70. The van der Waals surface area contributed by atoms with E-state index in [2.05, 4.69) is 31.4 Å². The second-order valence-electron chi connectivity index (χ2n) is 4.71. The summed E-state index contributed by atoms with van der Waals surface area (Å²) >= 11 is 3.19. The first-order chi connectivity index (χ1) is 10.4. The molecule has 120 valence electrons. The van der Waals surface area contributed by atoms with Crippen molar-refractivity contribution in [1.29, 1.82) is 0 Å². The molecule has 1 heterocycles. The number of sulfonamides is 1. The first-order valence-electron chi connectivity index (χ1n) is 6.49. The van der Waals surface area contributed by atoms with Crippen molar-refractivity contribution in [2.24, 2.45) is 0 Å². The summed E-state index contributed by atoms with van der Waals surface area (Å²) in [5.74, 6) is -0.435. The van der Waals surface area contributed by atoms with Gasteiger partial charge in [0.1, 0.15) is 10.7 Å². The predicted molar refractivity (Wildman–Crippen MR) is 84.4 cm³/mol. The number of hydroxylamine groups is 1. The second-order valence-corrected chi connectivity index (χ2v) is 7.34. The molecule has 7 nitrogen and oxygen atoms in total. The molecule has 0 radical (unpaired) electrons. The highest BCUT2D eigenvalue weighted by Gasteiger charge is 2.18. The minimum absolute atomic E-state index is 0.126. The van der Waals surface area contributed by atoms with E-state index in [1.807, 2.05) is 6.92 Å². The number of nitrogens with one attached hydrogen (secondary N) is 3. The van der Waals surface area contributed by atoms with Crippen LogP contribution in [-0.2, 0) is 19.7 Å². The fourth-order valence-corrected chi connectivity index (χ4v) is 3.07. The largest absolute Gasteiger partial charge is 0.352 e. The summed E-state index contributed by atoms with van der Waals surface area (Å²) in [6, 6.07) is 6.39. The van der Waals surface area contributed by atoms with Crippen LogP contribution < -0.4 is 15.5 Å². The molecule has 0 aliphatic carbocycles. The van der Waals surface area contributed by atoms with E-state index in [0.717, 1.165) is 5.56 Å². The summed E-state index contributed by atoms with van der Waals surface area (Å²) in [4.78, 5) is 16.9. The Bertz CT molecular complexity index is 673. The summed E-state index contributed by atoms with van der Waals surface area (Å²) in [5, 5.41) is 2.58. The number of amides is 1. The van der Waals surface area contributed by atoms with Gasteiger partial charge in [-0.1, -0.05) is 17.7 Å². The zero-order chi connectivity index (χ0) is 16.2. The molecule has 1 atom stereocenters. The van der Waals surface area contributed by atoms with Gasteiger partial charge in [0.25, 0.3) is 0 Å². The van der Waals surface area contributed by atoms with Crippen molar-refractivity contribution >= 4 is 31.9 Å². The summed E-state index contributed by atoms with van der Waals surface area (Å²) < 4.78 is 27.0. The lowest BCUT2D eigenvalue weighted by Crippen LogP contribution is -2.40. The number of aryl methyl sites for hydroxylation is 1. The molecule has 1 amide bonds. The topological polar surface area (TPSA) is 96.5 Å². The van der Waals surface area contributed by atoms with Gasteiger partial charge in [0, 0.05) is 0 Å². The van der Waals surface area contributed by atoms with Crippen molar-refractivity contribution in [3.8, 4) is 0 Å². The smallest absolute Gasteiger partial charge is 0.241 e.